The summed E-state index contributed by atoms with van der Waals surface area (Å²) in [6, 6.07) is 0.226. The van der Waals surface area contributed by atoms with Gasteiger partial charge in [0.1, 0.15) is 5.82 Å². The van der Waals surface area contributed by atoms with Gasteiger partial charge in [-0.15, -0.1) is 0 Å². The van der Waals surface area contributed by atoms with Gasteiger partial charge in [0.05, 0.1) is 0 Å². The number of amides is 1. The van der Waals surface area contributed by atoms with Gasteiger partial charge in [0, 0.05) is 36.0 Å². The zero-order chi connectivity index (χ0) is 12.5. The Morgan fingerprint density at radius 3 is 2.82 bits per heavy atom. The summed E-state index contributed by atoms with van der Waals surface area (Å²) < 4.78 is 4.33. The first-order chi connectivity index (χ1) is 7.95. The van der Waals surface area contributed by atoms with Crippen molar-refractivity contribution >= 4 is 22.6 Å². The molecule has 1 atom stereocenters. The van der Waals surface area contributed by atoms with Gasteiger partial charge in [-0.25, -0.2) is 4.98 Å². The number of carbonyl (C=O) groups is 1. The van der Waals surface area contributed by atoms with E-state index < -0.39 is 0 Å². The first-order valence-corrected chi connectivity index (χ1v) is 6.60. The number of aromatic nitrogens is 2. The van der Waals surface area contributed by atoms with Crippen LogP contribution in [0.15, 0.2) is 0 Å². The Balaban J connectivity index is 1.87. The lowest BCUT2D eigenvalue weighted by molar-refractivity contribution is -0.119. The Hall–Kier alpha value is -1.17. The Morgan fingerprint density at radius 1 is 1.53 bits per heavy atom. The molecule has 1 aromatic rings. The summed E-state index contributed by atoms with van der Waals surface area (Å²) in [7, 11) is 0. The van der Waals surface area contributed by atoms with E-state index in [2.05, 4.69) is 40.8 Å². The molecule has 1 unspecified atom stereocenters. The second-order valence-corrected chi connectivity index (χ2v) is 6.11. The monoisotopic (exact) mass is 254 g/mol. The third-order valence-electron chi connectivity index (χ3n) is 2.68. The van der Waals surface area contributed by atoms with Gasteiger partial charge < -0.3 is 10.6 Å². The van der Waals surface area contributed by atoms with Crippen LogP contribution in [-0.2, 0) is 10.2 Å². The lowest BCUT2D eigenvalue weighted by Gasteiger charge is -2.12. The van der Waals surface area contributed by atoms with Crippen molar-refractivity contribution in [3.8, 4) is 0 Å². The van der Waals surface area contributed by atoms with E-state index in [0.717, 1.165) is 23.9 Å². The molecule has 5 nitrogen and oxygen atoms in total. The lowest BCUT2D eigenvalue weighted by atomic mass is 9.96. The minimum absolute atomic E-state index is 0.0159. The van der Waals surface area contributed by atoms with Crippen molar-refractivity contribution in [1.29, 1.82) is 0 Å². The number of nitrogens with zero attached hydrogens (tertiary/aromatic N) is 2. The molecule has 0 spiro atoms. The highest BCUT2D eigenvalue weighted by Gasteiger charge is 2.22. The molecule has 1 aliphatic heterocycles. The van der Waals surface area contributed by atoms with Crippen LogP contribution in [0.1, 0.15) is 39.4 Å². The van der Waals surface area contributed by atoms with Gasteiger partial charge >= 0.3 is 0 Å². The highest BCUT2D eigenvalue weighted by Crippen LogP contribution is 2.23. The second-order valence-electron chi connectivity index (χ2n) is 5.36. The van der Waals surface area contributed by atoms with E-state index >= 15 is 0 Å². The van der Waals surface area contributed by atoms with Crippen molar-refractivity contribution in [2.24, 2.45) is 0 Å². The normalized spacial score (nSPS) is 20.4. The first-order valence-electron chi connectivity index (χ1n) is 5.82. The molecule has 1 fully saturated rings. The predicted molar refractivity (Wildman–Crippen MR) is 68.3 cm³/mol. The summed E-state index contributed by atoms with van der Waals surface area (Å²) in [6.07, 6.45) is 1.53. The maximum atomic E-state index is 11.0. The van der Waals surface area contributed by atoms with E-state index in [0.29, 0.717) is 6.42 Å². The molecule has 1 amide bonds. The fraction of sp³-hybridized carbons (Fsp3) is 0.727. The van der Waals surface area contributed by atoms with E-state index in [4.69, 9.17) is 0 Å². The number of hydrogen-bond acceptors (Lipinski definition) is 5. The van der Waals surface area contributed by atoms with Crippen molar-refractivity contribution in [3.05, 3.63) is 5.82 Å². The highest BCUT2D eigenvalue weighted by atomic mass is 32.1. The summed E-state index contributed by atoms with van der Waals surface area (Å²) in [6.45, 7) is 7.01. The summed E-state index contributed by atoms with van der Waals surface area (Å²) in [4.78, 5) is 15.5. The molecule has 0 aromatic carbocycles. The predicted octanol–water partition coefficient (Wildman–Crippen LogP) is 1.53. The van der Waals surface area contributed by atoms with Gasteiger partial charge in [0.15, 0.2) is 0 Å². The summed E-state index contributed by atoms with van der Waals surface area (Å²) >= 11 is 1.38. The molecular weight excluding hydrogens is 236 g/mol. The third kappa shape index (κ3) is 3.15. The van der Waals surface area contributed by atoms with E-state index in [1.165, 1.54) is 11.5 Å². The Morgan fingerprint density at radius 2 is 2.29 bits per heavy atom. The van der Waals surface area contributed by atoms with Gasteiger partial charge in [0.2, 0.25) is 11.0 Å². The van der Waals surface area contributed by atoms with E-state index in [-0.39, 0.29) is 17.4 Å². The van der Waals surface area contributed by atoms with Gasteiger partial charge in [-0.1, -0.05) is 20.8 Å². The quantitative estimate of drug-likeness (QED) is 0.858. The molecule has 1 aromatic heterocycles. The van der Waals surface area contributed by atoms with Crippen LogP contribution in [0.3, 0.4) is 0 Å². The average Bonchev–Trinajstić information content (AvgIpc) is 2.82. The fourth-order valence-electron chi connectivity index (χ4n) is 1.64. The fourth-order valence-corrected chi connectivity index (χ4v) is 2.40. The van der Waals surface area contributed by atoms with Crippen LogP contribution in [0.2, 0.25) is 0 Å². The molecule has 2 N–H and O–H groups in total. The van der Waals surface area contributed by atoms with Crippen molar-refractivity contribution in [2.45, 2.75) is 45.1 Å². The van der Waals surface area contributed by atoms with E-state index in [9.17, 15) is 4.79 Å². The number of hydrogen-bond donors (Lipinski definition) is 2. The summed E-state index contributed by atoms with van der Waals surface area (Å²) in [5.41, 5.74) is -0.0159. The van der Waals surface area contributed by atoms with Gasteiger partial charge in [-0.05, 0) is 6.42 Å². The zero-order valence-corrected chi connectivity index (χ0v) is 11.2. The van der Waals surface area contributed by atoms with Gasteiger partial charge in [-0.2, -0.15) is 4.37 Å². The minimum atomic E-state index is -0.0159. The van der Waals surface area contributed by atoms with E-state index in [1.54, 1.807) is 0 Å². The van der Waals surface area contributed by atoms with Gasteiger partial charge in [-0.3, -0.25) is 4.79 Å². The topological polar surface area (TPSA) is 66.9 Å². The third-order valence-corrected chi connectivity index (χ3v) is 3.35. The Labute approximate surface area is 105 Å². The summed E-state index contributed by atoms with van der Waals surface area (Å²) in [5.74, 6) is 1.00. The Bertz CT molecular complexity index is 410. The zero-order valence-electron chi connectivity index (χ0n) is 10.4. The van der Waals surface area contributed by atoms with Crippen LogP contribution in [0.25, 0.3) is 0 Å². The molecule has 94 valence electrons. The largest absolute Gasteiger partial charge is 0.358 e. The maximum Gasteiger partial charge on any atom is 0.220 e. The number of carbonyl (C=O) groups excluding carboxylic acids is 1. The molecule has 0 saturated carbocycles. The van der Waals surface area contributed by atoms with E-state index in [1.807, 2.05) is 0 Å². The molecule has 2 rings (SSSR count). The van der Waals surface area contributed by atoms with Crippen LogP contribution in [0.5, 0.6) is 0 Å². The molecule has 0 bridgehead atoms. The molecule has 17 heavy (non-hydrogen) atoms. The number of nitrogens with one attached hydrogen (secondary N) is 2. The molecule has 1 aliphatic rings. The Kier molecular flexibility index (Phi) is 3.33. The smallest absolute Gasteiger partial charge is 0.220 e. The molecule has 2 heterocycles. The first kappa shape index (κ1) is 12.3. The van der Waals surface area contributed by atoms with Crippen LogP contribution in [0.4, 0.5) is 5.13 Å². The van der Waals surface area contributed by atoms with Crippen LogP contribution >= 0.6 is 11.5 Å². The summed E-state index contributed by atoms with van der Waals surface area (Å²) in [5, 5.41) is 6.98. The highest BCUT2D eigenvalue weighted by molar-refractivity contribution is 7.09. The lowest BCUT2D eigenvalue weighted by Crippen LogP contribution is -2.31. The van der Waals surface area contributed by atoms with Crippen molar-refractivity contribution < 1.29 is 4.79 Å². The molecule has 0 aliphatic carbocycles. The molecular formula is C11H18N4OS. The van der Waals surface area contributed by atoms with Crippen LogP contribution < -0.4 is 10.6 Å². The minimum Gasteiger partial charge on any atom is -0.358 e. The van der Waals surface area contributed by atoms with Crippen LogP contribution in [-0.4, -0.2) is 27.9 Å². The van der Waals surface area contributed by atoms with Crippen molar-refractivity contribution in [1.82, 2.24) is 14.7 Å². The number of rotatable bonds is 3. The second kappa shape index (κ2) is 4.60. The van der Waals surface area contributed by atoms with Crippen LogP contribution in [0, 0.1) is 0 Å². The SMILES string of the molecule is CC(C)(C)c1nsc(NCC2CCC(=O)N2)n1. The molecule has 0 radical (unpaired) electrons. The van der Waals surface area contributed by atoms with Gasteiger partial charge in [0.25, 0.3) is 0 Å². The molecule has 1 saturated heterocycles. The van der Waals surface area contributed by atoms with Crippen molar-refractivity contribution in [2.75, 3.05) is 11.9 Å². The van der Waals surface area contributed by atoms with Crippen molar-refractivity contribution in [3.63, 3.8) is 0 Å². The average molecular weight is 254 g/mol. The number of anilines is 1. The molecule has 6 heteroatoms. The maximum absolute atomic E-state index is 11.0. The standard InChI is InChI=1S/C11H18N4OS/c1-11(2,3)9-14-10(17-15-9)12-6-7-4-5-8(16)13-7/h7H,4-6H2,1-3H3,(H,13,16)(H,12,14,15).